The van der Waals surface area contributed by atoms with Crippen LogP contribution in [0.1, 0.15) is 10.4 Å². The molecule has 9 heteroatoms. The molecule has 0 unspecified atom stereocenters. The minimum Gasteiger partial charge on any atom is -0.466 e. The lowest BCUT2D eigenvalue weighted by Gasteiger charge is -2.32. The molecule has 1 aliphatic heterocycles. The average molecular weight is 376 g/mol. The molecule has 1 fully saturated rings. The van der Waals surface area contributed by atoms with Gasteiger partial charge in [0.1, 0.15) is 5.70 Å². The minimum absolute atomic E-state index is 0.135. The number of para-hydroxylation sites is 1. The summed E-state index contributed by atoms with van der Waals surface area (Å²) in [6, 6.07) is 6.68. The van der Waals surface area contributed by atoms with E-state index in [1.807, 2.05) is 12.1 Å². The molecule has 1 aromatic carbocycles. The molecule has 1 aliphatic rings. The Morgan fingerprint density at radius 2 is 1.70 bits per heavy atom. The highest BCUT2D eigenvalue weighted by Gasteiger charge is 2.20. The Morgan fingerprint density at radius 1 is 1.04 bits per heavy atom. The Kier molecular flexibility index (Phi) is 7.33. The van der Waals surface area contributed by atoms with Gasteiger partial charge in [0.25, 0.3) is 5.91 Å². The fourth-order valence-electron chi connectivity index (χ4n) is 2.49. The van der Waals surface area contributed by atoms with Gasteiger partial charge in [0.05, 0.1) is 31.5 Å². The second-order valence-corrected chi connectivity index (χ2v) is 5.97. The number of hydrazine groups is 1. The fourth-order valence-corrected chi connectivity index (χ4v) is 2.49. The topological polar surface area (TPSA) is 100 Å². The van der Waals surface area contributed by atoms with Gasteiger partial charge in [-0.25, -0.2) is 14.6 Å². The van der Waals surface area contributed by atoms with Crippen molar-refractivity contribution >= 4 is 23.5 Å². The first-order chi connectivity index (χ1) is 12.9. The molecular weight excluding hydrogens is 352 g/mol. The molecule has 2 rings (SSSR count). The smallest absolute Gasteiger partial charge is 0.354 e. The van der Waals surface area contributed by atoms with Crippen molar-refractivity contribution in [3.8, 4) is 0 Å². The fraction of sp³-hybridized carbons (Fsp3) is 0.389. The molecule has 0 bridgehead atoms. The summed E-state index contributed by atoms with van der Waals surface area (Å²) in [6.07, 6.45) is 0.973. The summed E-state index contributed by atoms with van der Waals surface area (Å²) in [5.74, 6) is -1.79. The number of carbonyl (C=O) groups excluding carboxylic acids is 3. The number of likely N-dealkylation sites (N-methyl/N-ethyl adjacent to an activating group) is 1. The Hall–Kier alpha value is -2.91. The molecule has 9 nitrogen and oxygen atoms in total. The van der Waals surface area contributed by atoms with E-state index in [2.05, 4.69) is 25.1 Å². The van der Waals surface area contributed by atoms with Crippen LogP contribution < -0.4 is 10.7 Å². The standard InChI is InChI=1S/C18H24N4O5/c1-21-8-10-22(11-9-21)20-17(24)13-6-4-5-7-14(13)19-15(18(25)27-3)12-16(23)26-2/h4-7,12,19H,8-11H2,1-3H3,(H,20,24)/b15-12+. The van der Waals surface area contributed by atoms with Crippen LogP contribution in [0.3, 0.4) is 0 Å². The number of hydrogen-bond acceptors (Lipinski definition) is 8. The number of carbonyl (C=O) groups is 3. The molecule has 146 valence electrons. The predicted molar refractivity (Wildman–Crippen MR) is 98.7 cm³/mol. The summed E-state index contributed by atoms with van der Waals surface area (Å²) in [5, 5.41) is 4.64. The van der Waals surface area contributed by atoms with E-state index in [-0.39, 0.29) is 11.6 Å². The lowest BCUT2D eigenvalue weighted by atomic mass is 10.1. The molecule has 1 saturated heterocycles. The molecule has 1 aromatic rings. The van der Waals surface area contributed by atoms with Gasteiger partial charge >= 0.3 is 11.9 Å². The molecule has 0 radical (unpaired) electrons. The Morgan fingerprint density at radius 3 is 2.33 bits per heavy atom. The maximum atomic E-state index is 12.7. The molecule has 0 aromatic heterocycles. The van der Waals surface area contributed by atoms with Gasteiger partial charge in [-0.2, -0.15) is 0 Å². The number of piperazine rings is 1. The zero-order valence-electron chi connectivity index (χ0n) is 15.7. The molecule has 27 heavy (non-hydrogen) atoms. The summed E-state index contributed by atoms with van der Waals surface area (Å²) in [4.78, 5) is 38.3. The maximum absolute atomic E-state index is 12.7. The van der Waals surface area contributed by atoms with Crippen molar-refractivity contribution in [3.05, 3.63) is 41.6 Å². The zero-order valence-corrected chi connectivity index (χ0v) is 15.7. The molecule has 1 heterocycles. The van der Waals surface area contributed by atoms with Gasteiger partial charge in [-0.3, -0.25) is 10.2 Å². The number of esters is 2. The third-order valence-electron chi connectivity index (χ3n) is 4.07. The zero-order chi connectivity index (χ0) is 19.8. The highest BCUT2D eigenvalue weighted by Crippen LogP contribution is 2.18. The van der Waals surface area contributed by atoms with E-state index in [0.29, 0.717) is 24.3 Å². The van der Waals surface area contributed by atoms with Crippen LogP contribution in [-0.4, -0.2) is 75.2 Å². The third-order valence-corrected chi connectivity index (χ3v) is 4.07. The number of nitrogens with one attached hydrogen (secondary N) is 2. The number of anilines is 1. The van der Waals surface area contributed by atoms with Gasteiger partial charge < -0.3 is 19.7 Å². The number of benzene rings is 1. The minimum atomic E-state index is -0.755. The monoisotopic (exact) mass is 376 g/mol. The highest BCUT2D eigenvalue weighted by molar-refractivity contribution is 6.03. The number of rotatable bonds is 6. The summed E-state index contributed by atoms with van der Waals surface area (Å²) in [7, 11) is 4.42. The lowest BCUT2D eigenvalue weighted by molar-refractivity contribution is -0.138. The molecule has 2 N–H and O–H groups in total. The van der Waals surface area contributed by atoms with E-state index < -0.39 is 11.9 Å². The second kappa shape index (κ2) is 9.70. The van der Waals surface area contributed by atoms with Crippen LogP contribution in [0.25, 0.3) is 0 Å². The van der Waals surface area contributed by atoms with Gasteiger partial charge in [-0.05, 0) is 19.2 Å². The van der Waals surface area contributed by atoms with Crippen molar-refractivity contribution in [2.45, 2.75) is 0 Å². The predicted octanol–water partition coefficient (Wildman–Crippen LogP) is 0.221. The van der Waals surface area contributed by atoms with Crippen LogP contribution in [-0.2, 0) is 19.1 Å². The molecule has 0 atom stereocenters. The number of ether oxygens (including phenoxy) is 2. The molecule has 0 aliphatic carbocycles. The van der Waals surface area contributed by atoms with Gasteiger partial charge in [0.15, 0.2) is 0 Å². The molecular formula is C18H24N4O5. The number of hydrogen-bond donors (Lipinski definition) is 2. The van der Waals surface area contributed by atoms with E-state index in [4.69, 9.17) is 0 Å². The third kappa shape index (κ3) is 5.80. The van der Waals surface area contributed by atoms with E-state index in [9.17, 15) is 14.4 Å². The van der Waals surface area contributed by atoms with Crippen LogP contribution >= 0.6 is 0 Å². The van der Waals surface area contributed by atoms with Gasteiger partial charge in [0.2, 0.25) is 0 Å². The Bertz CT molecular complexity index is 726. The van der Waals surface area contributed by atoms with Crippen molar-refractivity contribution in [1.29, 1.82) is 0 Å². The summed E-state index contributed by atoms with van der Waals surface area (Å²) in [5.41, 5.74) is 3.43. The average Bonchev–Trinajstić information content (AvgIpc) is 2.68. The largest absolute Gasteiger partial charge is 0.466 e. The first kappa shape index (κ1) is 20.4. The van der Waals surface area contributed by atoms with Crippen molar-refractivity contribution in [1.82, 2.24) is 15.3 Å². The highest BCUT2D eigenvalue weighted by atomic mass is 16.5. The van der Waals surface area contributed by atoms with E-state index >= 15 is 0 Å². The van der Waals surface area contributed by atoms with Crippen molar-refractivity contribution in [3.63, 3.8) is 0 Å². The molecule has 0 spiro atoms. The van der Waals surface area contributed by atoms with Crippen molar-refractivity contribution in [2.24, 2.45) is 0 Å². The SMILES string of the molecule is COC(=O)/C=C(/Nc1ccccc1C(=O)NN1CCN(C)CC1)C(=O)OC. The number of amides is 1. The van der Waals surface area contributed by atoms with E-state index in [1.54, 1.807) is 24.3 Å². The maximum Gasteiger partial charge on any atom is 0.354 e. The Labute approximate surface area is 157 Å². The first-order valence-electron chi connectivity index (χ1n) is 8.43. The summed E-state index contributed by atoms with van der Waals surface area (Å²) >= 11 is 0. The quantitative estimate of drug-likeness (QED) is 0.537. The first-order valence-corrected chi connectivity index (χ1v) is 8.43. The van der Waals surface area contributed by atoms with E-state index in [0.717, 1.165) is 19.2 Å². The summed E-state index contributed by atoms with van der Waals surface area (Å²) in [6.45, 7) is 3.14. The number of nitrogens with zero attached hydrogens (tertiary/aromatic N) is 2. The molecule has 1 amide bonds. The second-order valence-electron chi connectivity index (χ2n) is 5.97. The van der Waals surface area contributed by atoms with Crippen molar-refractivity contribution < 1.29 is 23.9 Å². The van der Waals surface area contributed by atoms with Crippen LogP contribution in [0, 0.1) is 0 Å². The lowest BCUT2D eigenvalue weighted by Crippen LogP contribution is -2.52. The van der Waals surface area contributed by atoms with Crippen molar-refractivity contribution in [2.75, 3.05) is 52.8 Å². The normalized spacial score (nSPS) is 15.7. The number of methoxy groups -OCH3 is 2. The summed E-state index contributed by atoms with van der Waals surface area (Å²) < 4.78 is 9.22. The van der Waals surface area contributed by atoms with E-state index in [1.165, 1.54) is 14.2 Å². The van der Waals surface area contributed by atoms with Crippen LogP contribution in [0.15, 0.2) is 36.0 Å². The molecule has 0 saturated carbocycles. The van der Waals surface area contributed by atoms with Gasteiger partial charge in [0, 0.05) is 26.2 Å². The van der Waals surface area contributed by atoms with Gasteiger partial charge in [-0.1, -0.05) is 12.1 Å². The Balaban J connectivity index is 2.18. The van der Waals surface area contributed by atoms with Crippen LogP contribution in [0.5, 0.6) is 0 Å². The van der Waals surface area contributed by atoms with Gasteiger partial charge in [-0.15, -0.1) is 0 Å². The van der Waals surface area contributed by atoms with Crippen LogP contribution in [0.4, 0.5) is 5.69 Å². The van der Waals surface area contributed by atoms with Crippen LogP contribution in [0.2, 0.25) is 0 Å².